The Morgan fingerprint density at radius 1 is 1.50 bits per heavy atom. The molecule has 0 atom stereocenters. The lowest BCUT2D eigenvalue weighted by molar-refractivity contribution is 1.02. The topological polar surface area (TPSA) is 24.9 Å². The molecule has 0 saturated heterocycles. The van der Waals surface area contributed by atoms with Crippen LogP contribution in [-0.2, 0) is 0 Å². The van der Waals surface area contributed by atoms with Crippen LogP contribution in [0.25, 0.3) is 5.57 Å². The van der Waals surface area contributed by atoms with E-state index in [-0.39, 0.29) is 0 Å². The molecule has 0 radical (unpaired) electrons. The van der Waals surface area contributed by atoms with Gasteiger partial charge < -0.3 is 5.32 Å². The largest absolute Gasteiger partial charge is 0.369 e. The summed E-state index contributed by atoms with van der Waals surface area (Å²) < 4.78 is 0. The van der Waals surface area contributed by atoms with Crippen molar-refractivity contribution in [2.75, 3.05) is 11.9 Å². The number of halogens is 1. The molecule has 2 rings (SSSR count). The van der Waals surface area contributed by atoms with Crippen LogP contribution < -0.4 is 5.32 Å². The Balaban J connectivity index is 2.53. The average molecular weight is 181 g/mol. The zero-order valence-electron chi connectivity index (χ0n) is 6.60. The van der Waals surface area contributed by atoms with Crippen molar-refractivity contribution >= 4 is 23.0 Å². The second kappa shape index (κ2) is 2.79. The van der Waals surface area contributed by atoms with Gasteiger partial charge in [0, 0.05) is 12.1 Å². The van der Waals surface area contributed by atoms with E-state index in [9.17, 15) is 0 Å². The van der Waals surface area contributed by atoms with E-state index in [2.05, 4.69) is 16.9 Å². The lowest BCUT2D eigenvalue weighted by atomic mass is 10.0. The molecule has 1 aromatic rings. The molecule has 0 amide bonds. The van der Waals surface area contributed by atoms with Crippen LogP contribution in [0.15, 0.2) is 18.7 Å². The average Bonchev–Trinajstić information content (AvgIpc) is 2.04. The summed E-state index contributed by atoms with van der Waals surface area (Å²) in [6.45, 7) is 4.86. The van der Waals surface area contributed by atoms with Crippen LogP contribution in [0.3, 0.4) is 0 Å². The first-order valence-electron chi connectivity index (χ1n) is 3.86. The maximum absolute atomic E-state index is 5.74. The van der Waals surface area contributed by atoms with Gasteiger partial charge in [0.05, 0.1) is 0 Å². The summed E-state index contributed by atoms with van der Waals surface area (Å²) in [7, 11) is 0. The fraction of sp³-hybridized carbons (Fsp3) is 0.222. The Kier molecular flexibility index (Phi) is 1.77. The molecule has 0 saturated carbocycles. The third-order valence-electron chi connectivity index (χ3n) is 1.96. The zero-order chi connectivity index (χ0) is 8.55. The maximum Gasteiger partial charge on any atom is 0.135 e. The number of nitrogens with zero attached hydrogens (tertiary/aromatic N) is 1. The molecule has 1 N–H and O–H groups in total. The molecule has 1 aliphatic rings. The van der Waals surface area contributed by atoms with Crippen LogP contribution >= 0.6 is 11.6 Å². The van der Waals surface area contributed by atoms with Gasteiger partial charge in [-0.1, -0.05) is 18.2 Å². The molecule has 0 fully saturated rings. The Hall–Kier alpha value is -1.02. The number of rotatable bonds is 0. The second-order valence-electron chi connectivity index (χ2n) is 2.81. The first kappa shape index (κ1) is 7.62. The highest BCUT2D eigenvalue weighted by Gasteiger charge is 2.12. The van der Waals surface area contributed by atoms with Crippen molar-refractivity contribution < 1.29 is 0 Å². The highest BCUT2D eigenvalue weighted by Crippen LogP contribution is 2.28. The molecule has 1 aliphatic heterocycles. The quantitative estimate of drug-likeness (QED) is 0.621. The fourth-order valence-corrected chi connectivity index (χ4v) is 1.47. The molecule has 12 heavy (non-hydrogen) atoms. The van der Waals surface area contributed by atoms with Gasteiger partial charge in [-0.2, -0.15) is 0 Å². The van der Waals surface area contributed by atoms with Gasteiger partial charge >= 0.3 is 0 Å². The van der Waals surface area contributed by atoms with Crippen molar-refractivity contribution in [3.05, 3.63) is 29.4 Å². The third kappa shape index (κ3) is 1.18. The Bertz CT molecular complexity index is 333. The summed E-state index contributed by atoms with van der Waals surface area (Å²) in [5, 5.41) is 3.70. The predicted molar refractivity (Wildman–Crippen MR) is 51.4 cm³/mol. The molecule has 0 aromatic carbocycles. The molecule has 0 bridgehead atoms. The second-order valence-corrected chi connectivity index (χ2v) is 3.20. The summed E-state index contributed by atoms with van der Waals surface area (Å²) in [5.74, 6) is 0.860. The van der Waals surface area contributed by atoms with Crippen LogP contribution in [0.1, 0.15) is 12.0 Å². The van der Waals surface area contributed by atoms with E-state index in [1.165, 1.54) is 0 Å². The van der Waals surface area contributed by atoms with Gasteiger partial charge in [-0.25, -0.2) is 4.98 Å². The van der Waals surface area contributed by atoms with Crippen molar-refractivity contribution in [1.29, 1.82) is 0 Å². The van der Waals surface area contributed by atoms with Crippen molar-refractivity contribution in [2.24, 2.45) is 0 Å². The van der Waals surface area contributed by atoms with E-state index in [0.29, 0.717) is 5.15 Å². The molecule has 62 valence electrons. The highest BCUT2D eigenvalue weighted by molar-refractivity contribution is 6.29. The van der Waals surface area contributed by atoms with Gasteiger partial charge in [0.1, 0.15) is 11.0 Å². The molecule has 3 heteroatoms. The fourth-order valence-electron chi connectivity index (χ4n) is 1.32. The molecule has 0 unspecified atom stereocenters. The smallest absolute Gasteiger partial charge is 0.135 e. The Labute approximate surface area is 76.3 Å². The molecular formula is C9H9ClN2. The molecule has 0 spiro atoms. The van der Waals surface area contributed by atoms with Gasteiger partial charge in [0.25, 0.3) is 0 Å². The summed E-state index contributed by atoms with van der Waals surface area (Å²) in [6.07, 6.45) is 0.982. The SMILES string of the molecule is C=C1CCNc2nc(Cl)ccc21. The predicted octanol–water partition coefficient (Wildman–Crippen LogP) is 2.56. The summed E-state index contributed by atoms with van der Waals surface area (Å²) in [6, 6.07) is 3.75. The molecule has 2 nitrogen and oxygen atoms in total. The van der Waals surface area contributed by atoms with E-state index < -0.39 is 0 Å². The van der Waals surface area contributed by atoms with E-state index in [4.69, 9.17) is 11.6 Å². The third-order valence-corrected chi connectivity index (χ3v) is 2.17. The van der Waals surface area contributed by atoms with E-state index >= 15 is 0 Å². The normalized spacial score (nSPS) is 15.2. The van der Waals surface area contributed by atoms with Crippen LogP contribution in [0, 0.1) is 0 Å². The van der Waals surface area contributed by atoms with Gasteiger partial charge in [0.15, 0.2) is 0 Å². The Morgan fingerprint density at radius 2 is 2.33 bits per heavy atom. The minimum absolute atomic E-state index is 0.524. The van der Waals surface area contributed by atoms with Crippen molar-refractivity contribution in [2.45, 2.75) is 6.42 Å². The van der Waals surface area contributed by atoms with Crippen molar-refractivity contribution in [3.8, 4) is 0 Å². The van der Waals surface area contributed by atoms with Crippen LogP contribution in [-0.4, -0.2) is 11.5 Å². The first-order valence-corrected chi connectivity index (χ1v) is 4.24. The number of fused-ring (bicyclic) bond motifs is 1. The lowest BCUT2D eigenvalue weighted by Crippen LogP contribution is -2.11. The molecule has 0 aliphatic carbocycles. The van der Waals surface area contributed by atoms with E-state index in [1.807, 2.05) is 6.07 Å². The summed E-state index contributed by atoms with van der Waals surface area (Å²) >= 11 is 5.74. The molecular weight excluding hydrogens is 172 g/mol. The number of pyridine rings is 1. The zero-order valence-corrected chi connectivity index (χ0v) is 7.36. The standard InChI is InChI=1S/C9H9ClN2/c1-6-4-5-11-9-7(6)2-3-8(10)12-9/h2-3H,1,4-5H2,(H,11,12). The van der Waals surface area contributed by atoms with Gasteiger partial charge in [-0.3, -0.25) is 0 Å². The number of hydrogen-bond donors (Lipinski definition) is 1. The number of aromatic nitrogens is 1. The van der Waals surface area contributed by atoms with E-state index in [1.54, 1.807) is 6.07 Å². The monoisotopic (exact) mass is 180 g/mol. The first-order chi connectivity index (χ1) is 5.77. The summed E-state index contributed by atoms with van der Waals surface area (Å²) in [4.78, 5) is 4.16. The minimum atomic E-state index is 0.524. The van der Waals surface area contributed by atoms with Crippen LogP contribution in [0.2, 0.25) is 5.15 Å². The Morgan fingerprint density at radius 3 is 3.17 bits per heavy atom. The van der Waals surface area contributed by atoms with Gasteiger partial charge in [-0.15, -0.1) is 0 Å². The lowest BCUT2D eigenvalue weighted by Gasteiger charge is -2.18. The van der Waals surface area contributed by atoms with Crippen LogP contribution in [0.4, 0.5) is 5.82 Å². The highest BCUT2D eigenvalue weighted by atomic mass is 35.5. The minimum Gasteiger partial charge on any atom is -0.369 e. The maximum atomic E-state index is 5.74. The van der Waals surface area contributed by atoms with E-state index in [0.717, 1.165) is 29.9 Å². The number of anilines is 1. The van der Waals surface area contributed by atoms with Crippen molar-refractivity contribution in [1.82, 2.24) is 4.98 Å². The van der Waals surface area contributed by atoms with Gasteiger partial charge in [-0.05, 0) is 24.1 Å². The van der Waals surface area contributed by atoms with Crippen molar-refractivity contribution in [3.63, 3.8) is 0 Å². The summed E-state index contributed by atoms with van der Waals surface area (Å²) in [5.41, 5.74) is 2.22. The van der Waals surface area contributed by atoms with Gasteiger partial charge in [0.2, 0.25) is 0 Å². The molecule has 2 heterocycles. The number of nitrogens with one attached hydrogen (secondary N) is 1. The van der Waals surface area contributed by atoms with Crippen LogP contribution in [0.5, 0.6) is 0 Å². The number of hydrogen-bond acceptors (Lipinski definition) is 2. The molecule has 1 aromatic heterocycles.